The molecule has 0 saturated carbocycles. The number of nitrogens with one attached hydrogen (secondary N) is 2. The average Bonchev–Trinajstić information content (AvgIpc) is 3.09. The highest BCUT2D eigenvalue weighted by Gasteiger charge is 2.21. The molecule has 0 spiro atoms. The van der Waals surface area contributed by atoms with Gasteiger partial charge in [-0.15, -0.1) is 0 Å². The summed E-state index contributed by atoms with van der Waals surface area (Å²) in [5.41, 5.74) is 4.01. The first kappa shape index (κ1) is 16.3. The van der Waals surface area contributed by atoms with E-state index < -0.39 is 0 Å². The topological polar surface area (TPSA) is 80.0 Å². The van der Waals surface area contributed by atoms with Gasteiger partial charge in [-0.2, -0.15) is 4.98 Å². The fourth-order valence-electron chi connectivity index (χ4n) is 3.38. The van der Waals surface area contributed by atoms with Crippen LogP contribution in [0, 0.1) is 6.92 Å². The average molecular weight is 348 g/mol. The van der Waals surface area contributed by atoms with Crippen LogP contribution in [-0.2, 0) is 6.42 Å². The van der Waals surface area contributed by atoms with E-state index >= 15 is 0 Å². The maximum atomic E-state index is 12.5. The molecule has 4 rings (SSSR count). The Morgan fingerprint density at radius 3 is 2.92 bits per heavy atom. The summed E-state index contributed by atoms with van der Waals surface area (Å²) in [5, 5.41) is 9.90. The van der Waals surface area contributed by atoms with Crippen LogP contribution in [0.4, 0.5) is 10.5 Å². The zero-order valence-electron chi connectivity index (χ0n) is 14.5. The highest BCUT2D eigenvalue weighted by Crippen LogP contribution is 2.29. The number of amides is 2. The molecule has 132 valence electrons. The van der Waals surface area contributed by atoms with Crippen LogP contribution in [0.5, 0.6) is 0 Å². The van der Waals surface area contributed by atoms with Gasteiger partial charge in [0.25, 0.3) is 0 Å². The van der Waals surface area contributed by atoms with Crippen molar-refractivity contribution in [2.24, 2.45) is 0 Å². The minimum atomic E-state index is -0.215. The lowest BCUT2D eigenvalue weighted by Gasteiger charge is -2.26. The smallest absolute Gasteiger partial charge is 0.319 e. The highest BCUT2D eigenvalue weighted by molar-refractivity contribution is 5.90. The molecule has 6 heteroatoms. The molecule has 26 heavy (non-hydrogen) atoms. The molecule has 6 nitrogen and oxygen atoms in total. The molecule has 1 unspecified atom stereocenters. The van der Waals surface area contributed by atoms with E-state index in [1.165, 1.54) is 11.1 Å². The molecule has 1 heterocycles. The highest BCUT2D eigenvalue weighted by atomic mass is 16.5. The minimum absolute atomic E-state index is 0.0444. The lowest BCUT2D eigenvalue weighted by Crippen LogP contribution is -2.34. The van der Waals surface area contributed by atoms with Crippen LogP contribution < -0.4 is 10.6 Å². The van der Waals surface area contributed by atoms with Crippen molar-refractivity contribution in [2.75, 3.05) is 5.32 Å². The van der Waals surface area contributed by atoms with Crippen LogP contribution in [0.1, 0.15) is 35.9 Å². The standard InChI is InChI=1S/C20H20N4O2/c1-13-21-19(24-26-13)15-8-4-9-16(12-15)22-20(25)23-18-11-5-7-14-6-2-3-10-17(14)18/h2-4,6,8-10,12,18H,5,7,11H2,1H3,(H2,22,23,25). The summed E-state index contributed by atoms with van der Waals surface area (Å²) >= 11 is 0. The van der Waals surface area contributed by atoms with Gasteiger partial charge in [-0.1, -0.05) is 41.6 Å². The van der Waals surface area contributed by atoms with E-state index in [-0.39, 0.29) is 12.1 Å². The van der Waals surface area contributed by atoms with Crippen LogP contribution in [0.25, 0.3) is 11.4 Å². The summed E-state index contributed by atoms with van der Waals surface area (Å²) in [6.07, 6.45) is 3.10. The van der Waals surface area contributed by atoms with Gasteiger partial charge in [0.1, 0.15) is 0 Å². The number of benzene rings is 2. The molecule has 0 aliphatic heterocycles. The van der Waals surface area contributed by atoms with E-state index in [2.05, 4.69) is 32.9 Å². The predicted molar refractivity (Wildman–Crippen MR) is 98.7 cm³/mol. The van der Waals surface area contributed by atoms with Crippen LogP contribution >= 0.6 is 0 Å². The summed E-state index contributed by atoms with van der Waals surface area (Å²) in [5.74, 6) is 1.01. The predicted octanol–water partition coefficient (Wildman–Crippen LogP) is 4.24. The Hall–Kier alpha value is -3.15. The molecule has 1 aromatic heterocycles. The van der Waals surface area contributed by atoms with E-state index in [9.17, 15) is 4.79 Å². The number of carbonyl (C=O) groups is 1. The van der Waals surface area contributed by atoms with E-state index in [0.29, 0.717) is 17.4 Å². The van der Waals surface area contributed by atoms with Gasteiger partial charge in [0, 0.05) is 18.2 Å². The third-order valence-electron chi connectivity index (χ3n) is 4.58. The SMILES string of the molecule is Cc1nc(-c2cccc(NC(=O)NC3CCCc4ccccc43)c2)no1. The number of aryl methyl sites for hydroxylation is 2. The van der Waals surface area contributed by atoms with Crippen molar-refractivity contribution < 1.29 is 9.32 Å². The number of rotatable bonds is 3. The fraction of sp³-hybridized carbons (Fsp3) is 0.250. The Bertz CT molecular complexity index is 935. The Kier molecular flexibility index (Phi) is 4.39. The molecular weight excluding hydrogens is 328 g/mol. The maximum Gasteiger partial charge on any atom is 0.319 e. The van der Waals surface area contributed by atoms with Gasteiger partial charge in [-0.05, 0) is 42.5 Å². The quantitative estimate of drug-likeness (QED) is 0.742. The number of fused-ring (bicyclic) bond motifs is 1. The summed E-state index contributed by atoms with van der Waals surface area (Å²) in [6, 6.07) is 15.5. The number of carbonyl (C=O) groups excluding carboxylic acids is 1. The molecule has 0 saturated heterocycles. The van der Waals surface area contributed by atoms with Crippen molar-refractivity contribution in [3.63, 3.8) is 0 Å². The third kappa shape index (κ3) is 3.44. The Morgan fingerprint density at radius 1 is 1.19 bits per heavy atom. The summed E-state index contributed by atoms with van der Waals surface area (Å²) in [4.78, 5) is 16.7. The lowest BCUT2D eigenvalue weighted by atomic mass is 9.88. The van der Waals surface area contributed by atoms with Gasteiger partial charge in [-0.25, -0.2) is 4.79 Å². The van der Waals surface area contributed by atoms with Gasteiger partial charge in [0.2, 0.25) is 11.7 Å². The maximum absolute atomic E-state index is 12.5. The van der Waals surface area contributed by atoms with Gasteiger partial charge in [-0.3, -0.25) is 0 Å². The van der Waals surface area contributed by atoms with E-state index in [1.54, 1.807) is 6.92 Å². The van der Waals surface area contributed by atoms with Crippen molar-refractivity contribution in [3.05, 3.63) is 65.5 Å². The minimum Gasteiger partial charge on any atom is -0.339 e. The van der Waals surface area contributed by atoms with Crippen molar-refractivity contribution in [2.45, 2.75) is 32.2 Å². The Labute approximate surface area is 151 Å². The van der Waals surface area contributed by atoms with Crippen LogP contribution in [0.15, 0.2) is 53.1 Å². The zero-order valence-corrected chi connectivity index (χ0v) is 14.5. The Balaban J connectivity index is 1.46. The Morgan fingerprint density at radius 2 is 2.08 bits per heavy atom. The van der Waals surface area contributed by atoms with Gasteiger partial charge in [0.15, 0.2) is 0 Å². The molecule has 3 aromatic rings. The molecule has 0 fully saturated rings. The largest absolute Gasteiger partial charge is 0.339 e. The van der Waals surface area contributed by atoms with Crippen molar-refractivity contribution in [3.8, 4) is 11.4 Å². The number of hydrogen-bond donors (Lipinski definition) is 2. The first-order chi connectivity index (χ1) is 12.7. The molecule has 1 atom stereocenters. The third-order valence-corrected chi connectivity index (χ3v) is 4.58. The first-order valence-corrected chi connectivity index (χ1v) is 8.75. The van der Waals surface area contributed by atoms with Gasteiger partial charge < -0.3 is 15.2 Å². The fourth-order valence-corrected chi connectivity index (χ4v) is 3.38. The number of hydrogen-bond acceptors (Lipinski definition) is 4. The van der Waals surface area contributed by atoms with E-state index in [1.807, 2.05) is 36.4 Å². The molecule has 2 aromatic carbocycles. The zero-order chi connectivity index (χ0) is 17.9. The summed E-state index contributed by atoms with van der Waals surface area (Å²) < 4.78 is 5.01. The van der Waals surface area contributed by atoms with Crippen molar-refractivity contribution in [1.82, 2.24) is 15.5 Å². The van der Waals surface area contributed by atoms with Gasteiger partial charge >= 0.3 is 6.03 Å². The van der Waals surface area contributed by atoms with E-state index in [4.69, 9.17) is 4.52 Å². The molecular formula is C20H20N4O2. The van der Waals surface area contributed by atoms with Crippen LogP contribution in [0.2, 0.25) is 0 Å². The summed E-state index contributed by atoms with van der Waals surface area (Å²) in [6.45, 7) is 1.74. The lowest BCUT2D eigenvalue weighted by molar-refractivity contribution is 0.247. The van der Waals surface area contributed by atoms with Crippen molar-refractivity contribution >= 4 is 11.7 Å². The molecule has 2 amide bonds. The second-order valence-corrected chi connectivity index (χ2v) is 6.46. The summed E-state index contributed by atoms with van der Waals surface area (Å²) in [7, 11) is 0. The van der Waals surface area contributed by atoms with E-state index in [0.717, 1.165) is 24.8 Å². The van der Waals surface area contributed by atoms with Crippen LogP contribution in [0.3, 0.4) is 0 Å². The molecule has 0 bridgehead atoms. The molecule has 0 radical (unpaired) electrons. The first-order valence-electron chi connectivity index (χ1n) is 8.75. The molecule has 2 N–H and O–H groups in total. The second kappa shape index (κ2) is 7.00. The normalized spacial score (nSPS) is 16.0. The number of urea groups is 1. The second-order valence-electron chi connectivity index (χ2n) is 6.46. The van der Waals surface area contributed by atoms with Crippen molar-refractivity contribution in [1.29, 1.82) is 0 Å². The molecule has 1 aliphatic carbocycles. The monoisotopic (exact) mass is 348 g/mol. The number of nitrogens with zero attached hydrogens (tertiary/aromatic N) is 2. The molecule has 1 aliphatic rings. The number of anilines is 1. The number of aromatic nitrogens is 2. The van der Waals surface area contributed by atoms with Gasteiger partial charge in [0.05, 0.1) is 6.04 Å². The van der Waals surface area contributed by atoms with Crippen LogP contribution in [-0.4, -0.2) is 16.2 Å².